The van der Waals surface area contributed by atoms with Crippen LogP contribution in [0.3, 0.4) is 0 Å². The van der Waals surface area contributed by atoms with E-state index in [2.05, 4.69) is 52.2 Å². The van der Waals surface area contributed by atoms with Crippen LogP contribution in [0.2, 0.25) is 0 Å². The van der Waals surface area contributed by atoms with Crippen LogP contribution < -0.4 is 5.32 Å². The van der Waals surface area contributed by atoms with Crippen molar-refractivity contribution in [2.45, 2.75) is 19.3 Å². The molecular formula is C19H17FIN3. The zero-order valence-corrected chi connectivity index (χ0v) is 15.3. The molecule has 1 N–H and O–H groups in total. The minimum absolute atomic E-state index is 0.230. The Bertz CT molecular complexity index is 871. The van der Waals surface area contributed by atoms with Gasteiger partial charge in [0.15, 0.2) is 0 Å². The van der Waals surface area contributed by atoms with Gasteiger partial charge in [-0.05, 0) is 78.3 Å². The Hall–Kier alpha value is -1.89. The minimum atomic E-state index is -0.230. The summed E-state index contributed by atoms with van der Waals surface area (Å²) in [5, 5.41) is 8.35. The summed E-state index contributed by atoms with van der Waals surface area (Å²) < 4.78 is 16.8. The highest BCUT2D eigenvalue weighted by molar-refractivity contribution is 14.1. The maximum atomic E-state index is 13.7. The lowest BCUT2D eigenvalue weighted by Crippen LogP contribution is -2.07. The van der Waals surface area contributed by atoms with E-state index in [1.54, 1.807) is 12.1 Å². The Morgan fingerprint density at radius 1 is 1.08 bits per heavy atom. The number of fused-ring (bicyclic) bond motifs is 1. The van der Waals surface area contributed by atoms with Crippen LogP contribution in [0.15, 0.2) is 48.5 Å². The minimum Gasteiger partial charge on any atom is -0.370 e. The molecular weight excluding hydrogens is 416 g/mol. The quantitative estimate of drug-likeness (QED) is 0.575. The second kappa shape index (κ2) is 6.55. The van der Waals surface area contributed by atoms with Gasteiger partial charge in [0.1, 0.15) is 11.6 Å². The van der Waals surface area contributed by atoms with Crippen LogP contribution in [0.4, 0.5) is 10.2 Å². The van der Waals surface area contributed by atoms with Crippen LogP contribution in [0, 0.1) is 9.39 Å². The molecule has 3 aromatic rings. The molecule has 0 fully saturated rings. The van der Waals surface area contributed by atoms with Gasteiger partial charge in [0.2, 0.25) is 0 Å². The van der Waals surface area contributed by atoms with E-state index in [4.69, 9.17) is 5.10 Å². The van der Waals surface area contributed by atoms with Crippen LogP contribution >= 0.6 is 22.6 Å². The number of hydrogen-bond acceptors (Lipinski definition) is 2. The Balaban J connectivity index is 1.90. The van der Waals surface area contributed by atoms with E-state index in [-0.39, 0.29) is 5.82 Å². The summed E-state index contributed by atoms with van der Waals surface area (Å²) in [6.07, 6.45) is 3.20. The number of anilines is 1. The van der Waals surface area contributed by atoms with Crippen molar-refractivity contribution in [2.24, 2.45) is 0 Å². The molecule has 1 aliphatic heterocycles. The van der Waals surface area contributed by atoms with E-state index in [1.807, 2.05) is 10.7 Å². The molecule has 0 saturated carbocycles. The molecule has 2 heterocycles. The Labute approximate surface area is 154 Å². The van der Waals surface area contributed by atoms with Gasteiger partial charge in [-0.1, -0.05) is 12.1 Å². The monoisotopic (exact) mass is 433 g/mol. The number of aromatic nitrogens is 2. The van der Waals surface area contributed by atoms with Gasteiger partial charge in [0.05, 0.1) is 11.4 Å². The van der Waals surface area contributed by atoms with E-state index in [1.165, 1.54) is 15.2 Å². The Morgan fingerprint density at radius 2 is 1.92 bits per heavy atom. The van der Waals surface area contributed by atoms with Crippen molar-refractivity contribution in [1.29, 1.82) is 0 Å². The molecule has 1 aliphatic rings. The summed E-state index contributed by atoms with van der Waals surface area (Å²) in [5.74, 6) is 0.805. The van der Waals surface area contributed by atoms with Crippen molar-refractivity contribution in [3.63, 3.8) is 0 Å². The fourth-order valence-electron chi connectivity index (χ4n) is 3.14. The average Bonchev–Trinajstić information content (AvgIpc) is 2.77. The van der Waals surface area contributed by atoms with Gasteiger partial charge in [-0.2, -0.15) is 5.10 Å². The smallest absolute Gasteiger partial charge is 0.133 e. The highest BCUT2D eigenvalue weighted by Crippen LogP contribution is 2.34. The van der Waals surface area contributed by atoms with Gasteiger partial charge in [0.25, 0.3) is 0 Å². The number of halogens is 2. The van der Waals surface area contributed by atoms with Crippen LogP contribution in [0.25, 0.3) is 16.9 Å². The summed E-state index contributed by atoms with van der Waals surface area (Å²) in [7, 11) is 0. The first-order valence-corrected chi connectivity index (χ1v) is 9.18. The van der Waals surface area contributed by atoms with Crippen molar-refractivity contribution in [3.8, 4) is 16.9 Å². The van der Waals surface area contributed by atoms with Crippen molar-refractivity contribution < 1.29 is 4.39 Å². The maximum absolute atomic E-state index is 13.7. The van der Waals surface area contributed by atoms with Crippen molar-refractivity contribution in [1.82, 2.24) is 9.78 Å². The molecule has 122 valence electrons. The Kier molecular flexibility index (Phi) is 4.26. The molecule has 3 nitrogen and oxygen atoms in total. The van der Waals surface area contributed by atoms with Gasteiger partial charge < -0.3 is 5.32 Å². The predicted molar refractivity (Wildman–Crippen MR) is 103 cm³/mol. The first kappa shape index (κ1) is 15.6. The van der Waals surface area contributed by atoms with Crippen LogP contribution in [-0.4, -0.2) is 16.3 Å². The van der Waals surface area contributed by atoms with Crippen molar-refractivity contribution in [3.05, 3.63) is 63.5 Å². The lowest BCUT2D eigenvalue weighted by atomic mass is 10.0. The molecule has 24 heavy (non-hydrogen) atoms. The third kappa shape index (κ3) is 2.92. The SMILES string of the molecule is Fc1cccc(-c2nn(-c3ccc(I)cc3)c3c2CCCCN3)c1. The Morgan fingerprint density at radius 3 is 2.71 bits per heavy atom. The zero-order valence-electron chi connectivity index (χ0n) is 13.1. The van der Waals surface area contributed by atoms with Gasteiger partial charge in [0, 0.05) is 21.2 Å². The summed E-state index contributed by atoms with van der Waals surface area (Å²) in [6, 6.07) is 15.0. The van der Waals surface area contributed by atoms with Crippen molar-refractivity contribution in [2.75, 3.05) is 11.9 Å². The third-order valence-corrected chi connectivity index (χ3v) is 5.02. The largest absolute Gasteiger partial charge is 0.370 e. The number of rotatable bonds is 2. The molecule has 0 unspecified atom stereocenters. The van der Waals surface area contributed by atoms with E-state index in [9.17, 15) is 4.39 Å². The molecule has 4 rings (SSSR count). The molecule has 0 amide bonds. The van der Waals surface area contributed by atoms with Gasteiger partial charge in [-0.25, -0.2) is 9.07 Å². The average molecular weight is 433 g/mol. The number of nitrogens with zero attached hydrogens (tertiary/aromatic N) is 2. The molecule has 0 radical (unpaired) electrons. The molecule has 0 aliphatic carbocycles. The van der Waals surface area contributed by atoms with E-state index >= 15 is 0 Å². The zero-order chi connectivity index (χ0) is 16.5. The summed E-state index contributed by atoms with van der Waals surface area (Å²) >= 11 is 2.30. The molecule has 1 aromatic heterocycles. The third-order valence-electron chi connectivity index (χ3n) is 4.30. The molecule has 0 bridgehead atoms. The van der Waals surface area contributed by atoms with E-state index in [0.29, 0.717) is 0 Å². The normalized spacial score (nSPS) is 13.9. The van der Waals surface area contributed by atoms with Crippen LogP contribution in [0.1, 0.15) is 18.4 Å². The van der Waals surface area contributed by atoms with Gasteiger partial charge in [-0.15, -0.1) is 0 Å². The summed E-state index contributed by atoms with van der Waals surface area (Å²) in [5.41, 5.74) is 3.90. The fraction of sp³-hybridized carbons (Fsp3) is 0.211. The van der Waals surface area contributed by atoms with Crippen LogP contribution in [0.5, 0.6) is 0 Å². The van der Waals surface area contributed by atoms with E-state index in [0.717, 1.165) is 48.6 Å². The number of benzene rings is 2. The topological polar surface area (TPSA) is 29.9 Å². The van der Waals surface area contributed by atoms with Crippen LogP contribution in [-0.2, 0) is 6.42 Å². The first-order chi connectivity index (χ1) is 11.7. The predicted octanol–water partition coefficient (Wildman–Crippen LogP) is 5.03. The maximum Gasteiger partial charge on any atom is 0.133 e. The molecule has 0 atom stereocenters. The number of hydrogen-bond donors (Lipinski definition) is 1. The highest BCUT2D eigenvalue weighted by atomic mass is 127. The standard InChI is InChI=1S/C19H17FIN3/c20-14-5-3-4-13(12-14)18-17-6-1-2-11-22-19(17)24(23-18)16-9-7-15(21)8-10-16/h3-5,7-10,12,22H,1-2,6,11H2. The molecule has 0 spiro atoms. The second-order valence-corrected chi connectivity index (χ2v) is 7.20. The lowest BCUT2D eigenvalue weighted by molar-refractivity contribution is 0.628. The molecule has 0 saturated heterocycles. The highest BCUT2D eigenvalue weighted by Gasteiger charge is 2.21. The molecule has 2 aromatic carbocycles. The van der Waals surface area contributed by atoms with Gasteiger partial charge >= 0.3 is 0 Å². The first-order valence-electron chi connectivity index (χ1n) is 8.10. The van der Waals surface area contributed by atoms with E-state index < -0.39 is 0 Å². The number of nitrogens with one attached hydrogen (secondary N) is 1. The second-order valence-electron chi connectivity index (χ2n) is 5.96. The summed E-state index contributed by atoms with van der Waals surface area (Å²) in [4.78, 5) is 0. The lowest BCUT2D eigenvalue weighted by Gasteiger charge is -2.09. The van der Waals surface area contributed by atoms with Gasteiger partial charge in [-0.3, -0.25) is 0 Å². The summed E-state index contributed by atoms with van der Waals surface area (Å²) in [6.45, 7) is 0.936. The van der Waals surface area contributed by atoms with Crippen molar-refractivity contribution >= 4 is 28.4 Å². The fourth-order valence-corrected chi connectivity index (χ4v) is 3.50. The molecule has 5 heteroatoms.